The van der Waals surface area contributed by atoms with Crippen LogP contribution in [0.1, 0.15) is 25.5 Å². The van der Waals surface area contributed by atoms with Crippen LogP contribution in [-0.4, -0.2) is 9.55 Å². The van der Waals surface area contributed by atoms with Crippen LogP contribution in [0, 0.1) is 6.92 Å². The van der Waals surface area contributed by atoms with Gasteiger partial charge in [0.1, 0.15) is 0 Å². The first-order chi connectivity index (χ1) is 10.3. The van der Waals surface area contributed by atoms with Crippen LogP contribution >= 0.6 is 0 Å². The van der Waals surface area contributed by atoms with Gasteiger partial charge in [-0.1, -0.05) is 43.7 Å². The van der Waals surface area contributed by atoms with Crippen molar-refractivity contribution < 1.29 is 0 Å². The predicted octanol–water partition coefficient (Wildman–Crippen LogP) is 4.89. The molecule has 0 atom stereocenters. The summed E-state index contributed by atoms with van der Waals surface area (Å²) in [4.78, 5) is 4.59. The Bertz CT molecular complexity index is 743. The highest BCUT2D eigenvalue weighted by atomic mass is 15.2. The number of aryl methyl sites for hydroxylation is 2. The molecule has 0 unspecified atom stereocenters. The van der Waals surface area contributed by atoms with Crippen molar-refractivity contribution in [1.82, 2.24) is 9.55 Å². The zero-order valence-corrected chi connectivity index (χ0v) is 12.6. The first-order valence-corrected chi connectivity index (χ1v) is 7.56. The maximum absolute atomic E-state index is 4.59. The summed E-state index contributed by atoms with van der Waals surface area (Å²) < 4.78 is 2.20. The molecular formula is C18H21N3. The first kappa shape index (κ1) is 13.7. The zero-order valence-electron chi connectivity index (χ0n) is 12.6. The second kappa shape index (κ2) is 6.00. The summed E-state index contributed by atoms with van der Waals surface area (Å²) >= 11 is 0. The Morgan fingerprint density at radius 2 is 1.90 bits per heavy atom. The number of hydrogen-bond donors (Lipinski definition) is 1. The molecule has 0 radical (unpaired) electrons. The lowest BCUT2D eigenvalue weighted by Crippen LogP contribution is -2.03. The standard InChI is InChI=1S/C18H21N3/c1-3-4-11-21-13-14(2)19-18(21)20-17-10-9-15-7-5-6-8-16(15)12-17/h5-10,12-13H,3-4,11H2,1-2H3,(H,19,20). The van der Waals surface area contributed by atoms with Crippen LogP contribution in [0.15, 0.2) is 48.7 Å². The van der Waals surface area contributed by atoms with E-state index >= 15 is 0 Å². The molecule has 0 spiro atoms. The Balaban J connectivity index is 1.87. The number of imidazole rings is 1. The van der Waals surface area contributed by atoms with Gasteiger partial charge in [0.2, 0.25) is 5.95 Å². The number of nitrogens with one attached hydrogen (secondary N) is 1. The van der Waals surface area contributed by atoms with Crippen LogP contribution < -0.4 is 5.32 Å². The monoisotopic (exact) mass is 279 g/mol. The Kier molecular flexibility index (Phi) is 3.91. The predicted molar refractivity (Wildman–Crippen MR) is 89.1 cm³/mol. The molecule has 0 aliphatic heterocycles. The minimum absolute atomic E-state index is 0.927. The van der Waals surface area contributed by atoms with Crippen molar-refractivity contribution >= 4 is 22.4 Å². The van der Waals surface area contributed by atoms with Gasteiger partial charge in [-0.2, -0.15) is 0 Å². The quantitative estimate of drug-likeness (QED) is 0.720. The van der Waals surface area contributed by atoms with E-state index in [1.807, 2.05) is 6.92 Å². The number of aromatic nitrogens is 2. The number of nitrogens with zero attached hydrogens (tertiary/aromatic N) is 2. The number of anilines is 2. The Morgan fingerprint density at radius 1 is 1.10 bits per heavy atom. The minimum atomic E-state index is 0.927. The van der Waals surface area contributed by atoms with Gasteiger partial charge in [-0.05, 0) is 36.2 Å². The molecule has 1 aromatic heterocycles. The van der Waals surface area contributed by atoms with Crippen molar-refractivity contribution in [2.45, 2.75) is 33.2 Å². The number of benzene rings is 2. The van der Waals surface area contributed by atoms with E-state index in [4.69, 9.17) is 0 Å². The third-order valence-corrected chi connectivity index (χ3v) is 3.66. The van der Waals surface area contributed by atoms with Crippen molar-refractivity contribution in [2.75, 3.05) is 5.32 Å². The average Bonchev–Trinajstić information content (AvgIpc) is 2.84. The van der Waals surface area contributed by atoms with Crippen LogP contribution in [0.4, 0.5) is 11.6 Å². The van der Waals surface area contributed by atoms with Gasteiger partial charge < -0.3 is 9.88 Å². The van der Waals surface area contributed by atoms with E-state index < -0.39 is 0 Å². The fourth-order valence-electron chi connectivity index (χ4n) is 2.54. The smallest absolute Gasteiger partial charge is 0.207 e. The summed E-state index contributed by atoms with van der Waals surface area (Å²) in [6, 6.07) is 14.8. The Hall–Kier alpha value is -2.29. The maximum atomic E-state index is 4.59. The molecule has 2 aromatic carbocycles. The molecule has 0 saturated carbocycles. The fourth-order valence-corrected chi connectivity index (χ4v) is 2.54. The Labute approximate surface area is 125 Å². The number of hydrogen-bond acceptors (Lipinski definition) is 2. The van der Waals surface area contributed by atoms with Crippen molar-refractivity contribution in [1.29, 1.82) is 0 Å². The van der Waals surface area contributed by atoms with Gasteiger partial charge in [-0.3, -0.25) is 0 Å². The molecule has 0 saturated heterocycles. The molecule has 0 aliphatic carbocycles. The molecule has 3 nitrogen and oxygen atoms in total. The van der Waals surface area contributed by atoms with Gasteiger partial charge in [-0.15, -0.1) is 0 Å². The van der Waals surface area contributed by atoms with Gasteiger partial charge in [0.15, 0.2) is 0 Å². The summed E-state index contributed by atoms with van der Waals surface area (Å²) in [7, 11) is 0. The molecule has 0 bridgehead atoms. The highest BCUT2D eigenvalue weighted by Gasteiger charge is 2.06. The van der Waals surface area contributed by atoms with Crippen molar-refractivity contribution in [3.8, 4) is 0 Å². The zero-order chi connectivity index (χ0) is 14.7. The van der Waals surface area contributed by atoms with Crippen molar-refractivity contribution in [3.63, 3.8) is 0 Å². The highest BCUT2D eigenvalue weighted by molar-refractivity contribution is 5.86. The third kappa shape index (κ3) is 3.07. The molecule has 3 heteroatoms. The molecule has 0 aliphatic rings. The van der Waals surface area contributed by atoms with Crippen LogP contribution in [0.2, 0.25) is 0 Å². The summed E-state index contributed by atoms with van der Waals surface area (Å²) in [5.41, 5.74) is 2.13. The van der Waals surface area contributed by atoms with Crippen molar-refractivity contribution in [3.05, 3.63) is 54.4 Å². The molecule has 21 heavy (non-hydrogen) atoms. The average molecular weight is 279 g/mol. The van der Waals surface area contributed by atoms with Crippen LogP contribution in [0.3, 0.4) is 0 Å². The molecule has 0 fully saturated rings. The van der Waals surface area contributed by atoms with E-state index in [0.29, 0.717) is 0 Å². The summed E-state index contributed by atoms with van der Waals surface area (Å²) in [6.45, 7) is 5.25. The molecule has 3 aromatic rings. The lowest BCUT2D eigenvalue weighted by molar-refractivity contribution is 0.637. The SMILES string of the molecule is CCCCn1cc(C)nc1Nc1ccc2ccccc2c1. The molecule has 1 N–H and O–H groups in total. The topological polar surface area (TPSA) is 29.9 Å². The van der Waals surface area contributed by atoms with E-state index in [1.54, 1.807) is 0 Å². The van der Waals surface area contributed by atoms with Crippen LogP contribution in [-0.2, 0) is 6.54 Å². The normalized spacial score (nSPS) is 11.0. The van der Waals surface area contributed by atoms with Gasteiger partial charge in [0, 0.05) is 18.4 Å². The summed E-state index contributed by atoms with van der Waals surface area (Å²) in [6.07, 6.45) is 4.47. The van der Waals surface area contributed by atoms with Gasteiger partial charge in [-0.25, -0.2) is 4.98 Å². The van der Waals surface area contributed by atoms with Crippen LogP contribution in [0.25, 0.3) is 10.8 Å². The first-order valence-electron chi connectivity index (χ1n) is 7.56. The van der Waals surface area contributed by atoms with E-state index in [2.05, 4.69) is 70.5 Å². The molecular weight excluding hydrogens is 258 g/mol. The van der Waals surface area contributed by atoms with Crippen molar-refractivity contribution in [2.24, 2.45) is 0 Å². The van der Waals surface area contributed by atoms with Gasteiger partial charge in [0.05, 0.1) is 5.69 Å². The number of fused-ring (bicyclic) bond motifs is 1. The maximum Gasteiger partial charge on any atom is 0.207 e. The van der Waals surface area contributed by atoms with E-state index in [1.165, 1.54) is 23.6 Å². The molecule has 108 valence electrons. The van der Waals surface area contributed by atoms with E-state index in [0.717, 1.165) is 23.9 Å². The highest BCUT2D eigenvalue weighted by Crippen LogP contribution is 2.22. The molecule has 1 heterocycles. The van der Waals surface area contributed by atoms with E-state index in [-0.39, 0.29) is 0 Å². The Morgan fingerprint density at radius 3 is 2.71 bits per heavy atom. The number of unbranched alkanes of at least 4 members (excludes halogenated alkanes) is 1. The largest absolute Gasteiger partial charge is 0.326 e. The van der Waals surface area contributed by atoms with Crippen LogP contribution in [0.5, 0.6) is 0 Å². The summed E-state index contributed by atoms with van der Waals surface area (Å²) in [5, 5.41) is 5.95. The lowest BCUT2D eigenvalue weighted by Gasteiger charge is -2.10. The second-order valence-corrected chi connectivity index (χ2v) is 5.44. The summed E-state index contributed by atoms with van der Waals surface area (Å²) in [5.74, 6) is 0.927. The van der Waals surface area contributed by atoms with E-state index in [9.17, 15) is 0 Å². The third-order valence-electron chi connectivity index (χ3n) is 3.66. The van der Waals surface area contributed by atoms with Gasteiger partial charge in [0.25, 0.3) is 0 Å². The van der Waals surface area contributed by atoms with Gasteiger partial charge >= 0.3 is 0 Å². The molecule has 0 amide bonds. The number of rotatable bonds is 5. The minimum Gasteiger partial charge on any atom is -0.326 e. The second-order valence-electron chi connectivity index (χ2n) is 5.44. The lowest BCUT2D eigenvalue weighted by atomic mass is 10.1. The fraction of sp³-hybridized carbons (Fsp3) is 0.278. The molecule has 3 rings (SSSR count).